The molecule has 20 heavy (non-hydrogen) atoms. The molecule has 0 aromatic heterocycles. The Kier molecular flexibility index (Phi) is 4.59. The van der Waals surface area contributed by atoms with Crippen molar-refractivity contribution in [3.8, 4) is 0 Å². The first-order valence-corrected chi connectivity index (χ1v) is 8.04. The van der Waals surface area contributed by atoms with Gasteiger partial charge in [0, 0.05) is 19.7 Å². The number of benzene rings is 1. The van der Waals surface area contributed by atoms with Gasteiger partial charge < -0.3 is 4.74 Å². The van der Waals surface area contributed by atoms with Crippen molar-refractivity contribution in [2.45, 2.75) is 25.4 Å². The normalized spacial score (nSPS) is 19.9. The van der Waals surface area contributed by atoms with Gasteiger partial charge in [-0.15, -0.1) is 0 Å². The first kappa shape index (κ1) is 15.2. The molecule has 0 aliphatic carbocycles. The third kappa shape index (κ3) is 3.46. The molecule has 1 aliphatic rings. The molecule has 0 amide bonds. The van der Waals surface area contributed by atoms with Crippen molar-refractivity contribution in [1.82, 2.24) is 0 Å². The summed E-state index contributed by atoms with van der Waals surface area (Å²) in [6, 6.07) is 3.01. The Labute approximate surface area is 117 Å². The van der Waals surface area contributed by atoms with Crippen LogP contribution < -0.4 is 4.31 Å². The first-order chi connectivity index (χ1) is 9.40. The molecule has 1 aromatic carbocycles. The molecule has 0 N–H and O–H groups in total. The quantitative estimate of drug-likeness (QED) is 0.857. The molecule has 4 nitrogen and oxygen atoms in total. The first-order valence-electron chi connectivity index (χ1n) is 6.43. The molecule has 1 aromatic rings. The summed E-state index contributed by atoms with van der Waals surface area (Å²) in [5.41, 5.74) is 0.0970. The average molecular weight is 305 g/mol. The van der Waals surface area contributed by atoms with Crippen LogP contribution in [0.2, 0.25) is 0 Å². The van der Waals surface area contributed by atoms with E-state index in [1.165, 1.54) is 13.1 Å². The molecule has 1 fully saturated rings. The second kappa shape index (κ2) is 6.05. The maximum atomic E-state index is 13.2. The van der Waals surface area contributed by atoms with E-state index in [0.29, 0.717) is 13.0 Å². The van der Waals surface area contributed by atoms with Gasteiger partial charge in [0.15, 0.2) is 11.6 Å². The van der Waals surface area contributed by atoms with Gasteiger partial charge in [-0.1, -0.05) is 0 Å². The number of sulfonamides is 1. The van der Waals surface area contributed by atoms with Gasteiger partial charge in [0.25, 0.3) is 0 Å². The van der Waals surface area contributed by atoms with Crippen LogP contribution >= 0.6 is 0 Å². The smallest absolute Gasteiger partial charge is 0.237 e. The van der Waals surface area contributed by atoms with E-state index in [2.05, 4.69) is 0 Å². The Balaban J connectivity index is 2.13. The maximum absolute atomic E-state index is 13.2. The number of halogens is 2. The SMILES string of the molecule is CN(c1ccc(F)c(F)c1)S(=O)(=O)C[C@H]1CCCCO1. The van der Waals surface area contributed by atoms with Crippen molar-refractivity contribution in [3.63, 3.8) is 0 Å². The van der Waals surface area contributed by atoms with Crippen molar-refractivity contribution in [2.24, 2.45) is 0 Å². The Morgan fingerprint density at radius 1 is 1.30 bits per heavy atom. The van der Waals surface area contributed by atoms with Crippen LogP contribution in [-0.4, -0.2) is 33.9 Å². The highest BCUT2D eigenvalue weighted by atomic mass is 32.2. The van der Waals surface area contributed by atoms with Crippen molar-refractivity contribution < 1.29 is 21.9 Å². The van der Waals surface area contributed by atoms with E-state index < -0.39 is 21.7 Å². The Bertz CT molecular complexity index is 571. The van der Waals surface area contributed by atoms with E-state index in [4.69, 9.17) is 4.74 Å². The Morgan fingerprint density at radius 3 is 2.65 bits per heavy atom. The molecule has 1 atom stereocenters. The van der Waals surface area contributed by atoms with E-state index in [9.17, 15) is 17.2 Å². The van der Waals surface area contributed by atoms with Gasteiger partial charge in [0.05, 0.1) is 17.5 Å². The summed E-state index contributed by atoms with van der Waals surface area (Å²) < 4.78 is 56.9. The zero-order valence-corrected chi connectivity index (χ0v) is 12.0. The molecule has 7 heteroatoms. The fourth-order valence-corrected chi connectivity index (χ4v) is 3.52. The topological polar surface area (TPSA) is 46.6 Å². The number of hydrogen-bond acceptors (Lipinski definition) is 3. The van der Waals surface area contributed by atoms with E-state index in [0.717, 1.165) is 29.3 Å². The predicted molar refractivity (Wildman–Crippen MR) is 72.1 cm³/mol. The van der Waals surface area contributed by atoms with Crippen LogP contribution in [0.25, 0.3) is 0 Å². The molecule has 112 valence electrons. The summed E-state index contributed by atoms with van der Waals surface area (Å²) in [4.78, 5) is 0. The number of anilines is 1. The molecule has 0 saturated carbocycles. The Hall–Kier alpha value is -1.21. The highest BCUT2D eigenvalue weighted by Crippen LogP contribution is 2.22. The molecule has 1 aliphatic heterocycles. The van der Waals surface area contributed by atoms with Crippen LogP contribution in [0.4, 0.5) is 14.5 Å². The molecule has 0 bridgehead atoms. The molecule has 0 unspecified atom stereocenters. The van der Waals surface area contributed by atoms with Gasteiger partial charge in [-0.25, -0.2) is 17.2 Å². The van der Waals surface area contributed by atoms with Crippen LogP contribution in [0.3, 0.4) is 0 Å². The van der Waals surface area contributed by atoms with Gasteiger partial charge in [-0.3, -0.25) is 4.31 Å². The van der Waals surface area contributed by atoms with Gasteiger partial charge >= 0.3 is 0 Å². The van der Waals surface area contributed by atoms with Crippen LogP contribution in [0.5, 0.6) is 0 Å². The largest absolute Gasteiger partial charge is 0.377 e. The number of hydrogen-bond donors (Lipinski definition) is 0. The summed E-state index contributed by atoms with van der Waals surface area (Å²) >= 11 is 0. The molecule has 0 radical (unpaired) electrons. The lowest BCUT2D eigenvalue weighted by atomic mass is 10.1. The van der Waals surface area contributed by atoms with Crippen LogP contribution in [0, 0.1) is 11.6 Å². The molecular formula is C13H17F2NO3S. The molecule has 1 saturated heterocycles. The van der Waals surface area contributed by atoms with Gasteiger partial charge in [0.2, 0.25) is 10.0 Å². The van der Waals surface area contributed by atoms with Gasteiger partial charge in [-0.2, -0.15) is 0 Å². The van der Waals surface area contributed by atoms with E-state index in [-0.39, 0.29) is 17.5 Å². The summed E-state index contributed by atoms with van der Waals surface area (Å²) in [5, 5.41) is 0. The number of nitrogens with zero attached hydrogens (tertiary/aromatic N) is 1. The Morgan fingerprint density at radius 2 is 2.05 bits per heavy atom. The van der Waals surface area contributed by atoms with E-state index >= 15 is 0 Å². The van der Waals surface area contributed by atoms with Crippen LogP contribution in [-0.2, 0) is 14.8 Å². The minimum absolute atomic E-state index is 0.0970. The van der Waals surface area contributed by atoms with Crippen molar-refractivity contribution in [3.05, 3.63) is 29.8 Å². The van der Waals surface area contributed by atoms with E-state index in [1.807, 2.05) is 0 Å². The highest BCUT2D eigenvalue weighted by molar-refractivity contribution is 7.92. The lowest BCUT2D eigenvalue weighted by Crippen LogP contribution is -2.36. The van der Waals surface area contributed by atoms with Crippen LogP contribution in [0.15, 0.2) is 18.2 Å². The fraction of sp³-hybridized carbons (Fsp3) is 0.538. The summed E-state index contributed by atoms with van der Waals surface area (Å²) in [6.07, 6.45) is 2.25. The average Bonchev–Trinajstić information content (AvgIpc) is 2.41. The number of ether oxygens (including phenoxy) is 1. The summed E-state index contributed by atoms with van der Waals surface area (Å²) in [5.74, 6) is -2.23. The van der Waals surface area contributed by atoms with Crippen molar-refractivity contribution >= 4 is 15.7 Å². The fourth-order valence-electron chi connectivity index (χ4n) is 2.13. The third-order valence-electron chi connectivity index (χ3n) is 3.35. The minimum Gasteiger partial charge on any atom is -0.377 e. The van der Waals surface area contributed by atoms with Crippen molar-refractivity contribution in [1.29, 1.82) is 0 Å². The zero-order valence-electron chi connectivity index (χ0n) is 11.2. The second-order valence-electron chi connectivity index (χ2n) is 4.83. The monoisotopic (exact) mass is 305 g/mol. The molecule has 2 rings (SSSR count). The minimum atomic E-state index is -3.62. The second-order valence-corrected chi connectivity index (χ2v) is 6.88. The standard InChI is InChI=1S/C13H17F2NO3S/c1-16(10-5-6-12(14)13(15)8-10)20(17,18)9-11-4-2-3-7-19-11/h5-6,8,11H,2-4,7,9H2,1H3/t11-/m1/s1. The van der Waals surface area contributed by atoms with Gasteiger partial charge in [0.1, 0.15) is 0 Å². The zero-order chi connectivity index (χ0) is 14.8. The van der Waals surface area contributed by atoms with Gasteiger partial charge in [-0.05, 0) is 31.4 Å². The van der Waals surface area contributed by atoms with Crippen molar-refractivity contribution in [2.75, 3.05) is 23.7 Å². The van der Waals surface area contributed by atoms with E-state index in [1.54, 1.807) is 0 Å². The molecule has 0 spiro atoms. The summed E-state index contributed by atoms with van der Waals surface area (Å²) in [6.45, 7) is 0.565. The van der Waals surface area contributed by atoms with Crippen LogP contribution in [0.1, 0.15) is 19.3 Å². The highest BCUT2D eigenvalue weighted by Gasteiger charge is 2.26. The predicted octanol–water partition coefficient (Wildman–Crippen LogP) is 2.30. The lowest BCUT2D eigenvalue weighted by molar-refractivity contribution is 0.0305. The lowest BCUT2D eigenvalue weighted by Gasteiger charge is -2.26. The molecule has 1 heterocycles. The summed E-state index contributed by atoms with van der Waals surface area (Å²) in [7, 11) is -2.30. The number of rotatable bonds is 4. The molecular weight excluding hydrogens is 288 g/mol. The third-order valence-corrected chi connectivity index (χ3v) is 5.19. The maximum Gasteiger partial charge on any atom is 0.237 e.